The van der Waals surface area contributed by atoms with Gasteiger partial charge in [-0.15, -0.1) is 0 Å². The van der Waals surface area contributed by atoms with Crippen molar-refractivity contribution in [1.29, 1.82) is 0 Å². The average Bonchev–Trinajstić information content (AvgIpc) is 1.74. The summed E-state index contributed by atoms with van der Waals surface area (Å²) in [5.41, 5.74) is 0. The van der Waals surface area contributed by atoms with Gasteiger partial charge in [-0.05, 0) is 6.42 Å². The van der Waals surface area contributed by atoms with Crippen LogP contribution in [-0.4, -0.2) is 37.6 Å². The van der Waals surface area contributed by atoms with Crippen LogP contribution < -0.4 is 0 Å². The first kappa shape index (κ1) is 7.53. The van der Waals surface area contributed by atoms with Gasteiger partial charge in [-0.2, -0.15) is 0 Å². The topological polar surface area (TPSA) is 38.7 Å². The van der Waals surface area contributed by atoms with Crippen LogP contribution in [0.4, 0.5) is 0 Å². The van der Waals surface area contributed by atoms with Gasteiger partial charge in [0, 0.05) is 11.8 Å². The molecule has 0 aromatic carbocycles. The highest BCUT2D eigenvalue weighted by molar-refractivity contribution is 4.78. The highest BCUT2D eigenvalue weighted by atomic mass is 16.5. The van der Waals surface area contributed by atoms with E-state index in [0.717, 1.165) is 32.8 Å². The Morgan fingerprint density at radius 1 is 1.18 bits per heavy atom. The molecule has 0 saturated carbocycles. The van der Waals surface area contributed by atoms with E-state index in [0.29, 0.717) is 11.8 Å². The van der Waals surface area contributed by atoms with E-state index in [1.165, 1.54) is 0 Å². The molecule has 0 radical (unpaired) electrons. The Morgan fingerprint density at radius 2 is 1.82 bits per heavy atom. The normalized spacial score (nSPS) is 29.2. The molecule has 0 spiro atoms. The molecular weight excluding hydrogens is 144 g/mol. The Morgan fingerprint density at radius 3 is 2.18 bits per heavy atom. The van der Waals surface area contributed by atoms with Crippen LogP contribution >= 0.6 is 0 Å². The maximum Gasteiger partial charge on any atom is 0.0616 e. The minimum absolute atomic E-state index is 0.155. The Balaban J connectivity index is 1.67. The maximum atomic E-state index is 9.57. The van der Waals surface area contributed by atoms with Crippen LogP contribution in [-0.2, 0) is 9.47 Å². The van der Waals surface area contributed by atoms with E-state index in [-0.39, 0.29) is 6.10 Å². The molecule has 3 nitrogen and oxygen atoms in total. The second-order valence-corrected chi connectivity index (χ2v) is 3.50. The van der Waals surface area contributed by atoms with Gasteiger partial charge < -0.3 is 14.6 Å². The molecule has 2 fully saturated rings. The zero-order valence-corrected chi connectivity index (χ0v) is 6.53. The predicted molar refractivity (Wildman–Crippen MR) is 39.2 cm³/mol. The fraction of sp³-hybridized carbons (Fsp3) is 1.00. The molecule has 2 aliphatic heterocycles. The SMILES string of the molecule is OC(CC1COC1)C1COC1. The van der Waals surface area contributed by atoms with Crippen LogP contribution in [0.5, 0.6) is 0 Å². The van der Waals surface area contributed by atoms with E-state index in [1.807, 2.05) is 0 Å². The number of ether oxygens (including phenoxy) is 2. The molecule has 0 aromatic heterocycles. The summed E-state index contributed by atoms with van der Waals surface area (Å²) in [6, 6.07) is 0. The van der Waals surface area contributed by atoms with E-state index >= 15 is 0 Å². The van der Waals surface area contributed by atoms with Crippen molar-refractivity contribution in [3.63, 3.8) is 0 Å². The van der Waals surface area contributed by atoms with Crippen LogP contribution in [0.3, 0.4) is 0 Å². The summed E-state index contributed by atoms with van der Waals surface area (Å²) in [7, 11) is 0. The van der Waals surface area contributed by atoms with Crippen molar-refractivity contribution in [2.75, 3.05) is 26.4 Å². The van der Waals surface area contributed by atoms with Gasteiger partial charge in [0.1, 0.15) is 0 Å². The molecule has 11 heavy (non-hydrogen) atoms. The Hall–Kier alpha value is -0.120. The molecule has 2 rings (SSSR count). The van der Waals surface area contributed by atoms with Gasteiger partial charge in [-0.3, -0.25) is 0 Å². The summed E-state index contributed by atoms with van der Waals surface area (Å²) in [4.78, 5) is 0. The maximum absolute atomic E-state index is 9.57. The molecule has 0 amide bonds. The van der Waals surface area contributed by atoms with Crippen molar-refractivity contribution in [2.45, 2.75) is 12.5 Å². The first-order valence-corrected chi connectivity index (χ1v) is 4.20. The number of aliphatic hydroxyl groups excluding tert-OH is 1. The standard InChI is InChI=1S/C8H14O3/c9-8(7-4-11-5-7)1-6-2-10-3-6/h6-9H,1-5H2. The van der Waals surface area contributed by atoms with E-state index in [1.54, 1.807) is 0 Å². The average molecular weight is 158 g/mol. The van der Waals surface area contributed by atoms with Gasteiger partial charge in [-0.25, -0.2) is 0 Å². The van der Waals surface area contributed by atoms with Crippen molar-refractivity contribution < 1.29 is 14.6 Å². The number of rotatable bonds is 3. The first-order chi connectivity index (χ1) is 5.36. The molecule has 1 unspecified atom stereocenters. The second-order valence-electron chi connectivity index (χ2n) is 3.50. The number of hydrogen-bond donors (Lipinski definition) is 1. The monoisotopic (exact) mass is 158 g/mol. The largest absolute Gasteiger partial charge is 0.393 e. The molecular formula is C8H14O3. The minimum Gasteiger partial charge on any atom is -0.393 e. The quantitative estimate of drug-likeness (QED) is 0.629. The van der Waals surface area contributed by atoms with E-state index in [9.17, 15) is 5.11 Å². The fourth-order valence-electron chi connectivity index (χ4n) is 1.43. The number of hydrogen-bond acceptors (Lipinski definition) is 3. The Labute approximate surface area is 66.3 Å². The van der Waals surface area contributed by atoms with E-state index < -0.39 is 0 Å². The molecule has 2 saturated heterocycles. The third-order valence-corrected chi connectivity index (χ3v) is 2.49. The van der Waals surface area contributed by atoms with Crippen molar-refractivity contribution >= 4 is 0 Å². The summed E-state index contributed by atoms with van der Waals surface area (Å²) < 4.78 is 10.0. The Kier molecular flexibility index (Phi) is 2.11. The molecule has 2 heterocycles. The summed E-state index contributed by atoms with van der Waals surface area (Å²) in [6.07, 6.45) is 0.742. The van der Waals surface area contributed by atoms with Gasteiger partial charge in [0.05, 0.1) is 32.5 Å². The van der Waals surface area contributed by atoms with Crippen molar-refractivity contribution in [3.8, 4) is 0 Å². The summed E-state index contributed by atoms with van der Waals surface area (Å²) >= 11 is 0. The third-order valence-electron chi connectivity index (χ3n) is 2.49. The van der Waals surface area contributed by atoms with Crippen LogP contribution in [0.2, 0.25) is 0 Å². The molecule has 0 aromatic rings. The molecule has 3 heteroatoms. The highest BCUT2D eigenvalue weighted by Gasteiger charge is 2.30. The van der Waals surface area contributed by atoms with Gasteiger partial charge in [0.2, 0.25) is 0 Å². The summed E-state index contributed by atoms with van der Waals surface area (Å²) in [6.45, 7) is 3.17. The first-order valence-electron chi connectivity index (χ1n) is 4.20. The number of aliphatic hydroxyl groups is 1. The molecule has 1 atom stereocenters. The second kappa shape index (κ2) is 3.09. The predicted octanol–water partition coefficient (Wildman–Crippen LogP) is 0.0302. The lowest BCUT2D eigenvalue weighted by Gasteiger charge is -2.34. The minimum atomic E-state index is -0.155. The highest BCUT2D eigenvalue weighted by Crippen LogP contribution is 2.23. The smallest absolute Gasteiger partial charge is 0.0616 e. The Bertz CT molecular complexity index is 129. The molecule has 0 bridgehead atoms. The molecule has 64 valence electrons. The van der Waals surface area contributed by atoms with Gasteiger partial charge in [-0.1, -0.05) is 0 Å². The summed E-state index contributed by atoms with van der Waals surface area (Å²) in [5, 5.41) is 9.57. The molecule has 1 N–H and O–H groups in total. The summed E-state index contributed by atoms with van der Waals surface area (Å²) in [5.74, 6) is 1.00. The van der Waals surface area contributed by atoms with Crippen LogP contribution in [0, 0.1) is 11.8 Å². The van der Waals surface area contributed by atoms with E-state index in [4.69, 9.17) is 9.47 Å². The lowest BCUT2D eigenvalue weighted by molar-refractivity contribution is -0.116. The van der Waals surface area contributed by atoms with Gasteiger partial charge >= 0.3 is 0 Å². The fourth-order valence-corrected chi connectivity index (χ4v) is 1.43. The molecule has 2 aliphatic rings. The van der Waals surface area contributed by atoms with Crippen molar-refractivity contribution in [1.82, 2.24) is 0 Å². The van der Waals surface area contributed by atoms with Gasteiger partial charge in [0.15, 0.2) is 0 Å². The van der Waals surface area contributed by atoms with Gasteiger partial charge in [0.25, 0.3) is 0 Å². The van der Waals surface area contributed by atoms with Crippen molar-refractivity contribution in [2.24, 2.45) is 11.8 Å². The zero-order chi connectivity index (χ0) is 7.68. The van der Waals surface area contributed by atoms with Crippen LogP contribution in [0.25, 0.3) is 0 Å². The van der Waals surface area contributed by atoms with E-state index in [2.05, 4.69) is 0 Å². The van der Waals surface area contributed by atoms with Crippen LogP contribution in [0.1, 0.15) is 6.42 Å². The van der Waals surface area contributed by atoms with Crippen molar-refractivity contribution in [3.05, 3.63) is 0 Å². The lowest BCUT2D eigenvalue weighted by Crippen LogP contribution is -2.41. The zero-order valence-electron chi connectivity index (χ0n) is 6.53. The van der Waals surface area contributed by atoms with Crippen LogP contribution in [0.15, 0.2) is 0 Å². The third kappa shape index (κ3) is 1.55. The lowest BCUT2D eigenvalue weighted by atomic mass is 9.91. The molecule has 0 aliphatic carbocycles.